The summed E-state index contributed by atoms with van der Waals surface area (Å²) in [5, 5.41) is 5.06. The Kier molecular flexibility index (Phi) is 3.32. The summed E-state index contributed by atoms with van der Waals surface area (Å²) < 4.78 is 7.27. The molecule has 0 aliphatic carbocycles. The number of para-hydroxylation sites is 1. The van der Waals surface area contributed by atoms with Crippen LogP contribution < -0.4 is 4.74 Å². The molecule has 0 saturated heterocycles. The first-order valence-electron chi connectivity index (χ1n) is 6.44. The van der Waals surface area contributed by atoms with Crippen LogP contribution in [0.5, 0.6) is 5.75 Å². The van der Waals surface area contributed by atoms with Gasteiger partial charge in [0.05, 0.1) is 12.3 Å². The van der Waals surface area contributed by atoms with E-state index < -0.39 is 0 Å². The fourth-order valence-electron chi connectivity index (χ4n) is 2.15. The minimum Gasteiger partial charge on any atom is -0.493 e. The highest BCUT2D eigenvalue weighted by molar-refractivity contribution is 6.29. The molecule has 0 fully saturated rings. The van der Waals surface area contributed by atoms with Gasteiger partial charge in [-0.3, -0.25) is 0 Å². The molecule has 102 valence electrons. The highest BCUT2D eigenvalue weighted by Crippen LogP contribution is 2.30. The zero-order valence-corrected chi connectivity index (χ0v) is 12.1. The minimum atomic E-state index is 0.549. The van der Waals surface area contributed by atoms with E-state index in [2.05, 4.69) is 10.1 Å². The fourth-order valence-corrected chi connectivity index (χ4v) is 2.43. The van der Waals surface area contributed by atoms with Crippen LogP contribution in [0.4, 0.5) is 0 Å². The Morgan fingerprint density at radius 2 is 2.05 bits per heavy atom. The Hall–Kier alpha value is -2.07. The van der Waals surface area contributed by atoms with Crippen LogP contribution in [0, 0.1) is 6.92 Å². The van der Waals surface area contributed by atoms with E-state index in [1.165, 1.54) is 0 Å². The summed E-state index contributed by atoms with van der Waals surface area (Å²) in [5.41, 5.74) is 3.34. The maximum Gasteiger partial charge on any atom is 0.157 e. The number of hydrogen-bond acceptors (Lipinski definition) is 3. The highest BCUT2D eigenvalue weighted by Gasteiger charge is 2.12. The summed E-state index contributed by atoms with van der Waals surface area (Å²) in [6, 6.07) is 11.5. The molecule has 2 heterocycles. The molecular formula is C15H14ClN3O. The molecular weight excluding hydrogens is 274 g/mol. The van der Waals surface area contributed by atoms with E-state index in [0.717, 1.165) is 28.3 Å². The molecule has 0 bridgehead atoms. The van der Waals surface area contributed by atoms with Gasteiger partial charge in [-0.2, -0.15) is 5.10 Å². The van der Waals surface area contributed by atoms with E-state index in [4.69, 9.17) is 16.3 Å². The third kappa shape index (κ3) is 2.23. The summed E-state index contributed by atoms with van der Waals surface area (Å²) in [7, 11) is 0. The van der Waals surface area contributed by atoms with E-state index in [0.29, 0.717) is 11.8 Å². The van der Waals surface area contributed by atoms with Gasteiger partial charge in [0.2, 0.25) is 0 Å². The largest absolute Gasteiger partial charge is 0.493 e. The standard InChI is InChI=1S/C15H14ClN3O/c1-3-20-13-7-5-4-6-11(13)12-9-15-17-10(2)8-14(16)19(15)18-12/h4-9H,3H2,1-2H3. The summed E-state index contributed by atoms with van der Waals surface area (Å²) in [6.45, 7) is 4.48. The molecule has 0 radical (unpaired) electrons. The van der Waals surface area contributed by atoms with Gasteiger partial charge < -0.3 is 4.74 Å². The maximum absolute atomic E-state index is 6.19. The second-order valence-corrected chi connectivity index (χ2v) is 4.84. The Labute approximate surface area is 122 Å². The van der Waals surface area contributed by atoms with Crippen molar-refractivity contribution in [2.75, 3.05) is 6.61 Å². The Balaban J connectivity index is 2.18. The van der Waals surface area contributed by atoms with Crippen molar-refractivity contribution < 1.29 is 4.74 Å². The normalized spacial score (nSPS) is 10.9. The zero-order chi connectivity index (χ0) is 14.1. The van der Waals surface area contributed by atoms with Gasteiger partial charge in [-0.05, 0) is 32.0 Å². The van der Waals surface area contributed by atoms with Crippen molar-refractivity contribution in [3.63, 3.8) is 0 Å². The molecule has 1 aromatic carbocycles. The quantitative estimate of drug-likeness (QED) is 0.689. The number of aromatic nitrogens is 3. The van der Waals surface area contributed by atoms with E-state index in [9.17, 15) is 0 Å². The van der Waals surface area contributed by atoms with Gasteiger partial charge in [0.1, 0.15) is 10.9 Å². The van der Waals surface area contributed by atoms with Crippen molar-refractivity contribution in [3.8, 4) is 17.0 Å². The second-order valence-electron chi connectivity index (χ2n) is 4.45. The first kappa shape index (κ1) is 12.9. The summed E-state index contributed by atoms with van der Waals surface area (Å²) in [5.74, 6) is 0.811. The van der Waals surface area contributed by atoms with Crippen molar-refractivity contribution in [3.05, 3.63) is 47.2 Å². The van der Waals surface area contributed by atoms with Gasteiger partial charge in [-0.15, -0.1) is 0 Å². The van der Waals surface area contributed by atoms with Crippen molar-refractivity contribution in [2.45, 2.75) is 13.8 Å². The van der Waals surface area contributed by atoms with Gasteiger partial charge >= 0.3 is 0 Å². The molecule has 3 rings (SSSR count). The minimum absolute atomic E-state index is 0.549. The van der Waals surface area contributed by atoms with Crippen LogP contribution in [0.3, 0.4) is 0 Å². The first-order chi connectivity index (χ1) is 9.69. The van der Waals surface area contributed by atoms with Gasteiger partial charge in [-0.1, -0.05) is 23.7 Å². The van der Waals surface area contributed by atoms with Crippen LogP contribution in [0.2, 0.25) is 5.15 Å². The van der Waals surface area contributed by atoms with Crippen LogP contribution in [0.25, 0.3) is 16.9 Å². The van der Waals surface area contributed by atoms with Crippen LogP contribution >= 0.6 is 11.6 Å². The smallest absolute Gasteiger partial charge is 0.157 e. The first-order valence-corrected chi connectivity index (χ1v) is 6.82. The van der Waals surface area contributed by atoms with Gasteiger partial charge in [-0.25, -0.2) is 9.50 Å². The second kappa shape index (κ2) is 5.13. The number of nitrogens with zero attached hydrogens (tertiary/aromatic N) is 3. The van der Waals surface area contributed by atoms with Gasteiger partial charge in [0.25, 0.3) is 0 Å². The Bertz CT molecular complexity index is 767. The molecule has 0 unspecified atom stereocenters. The lowest BCUT2D eigenvalue weighted by molar-refractivity contribution is 0.341. The number of rotatable bonds is 3. The molecule has 5 heteroatoms. The summed E-state index contributed by atoms with van der Waals surface area (Å²) >= 11 is 6.19. The fraction of sp³-hybridized carbons (Fsp3) is 0.200. The molecule has 0 spiro atoms. The van der Waals surface area contributed by atoms with Crippen LogP contribution in [-0.2, 0) is 0 Å². The lowest BCUT2D eigenvalue weighted by Crippen LogP contribution is -1.95. The van der Waals surface area contributed by atoms with Crippen LogP contribution in [0.1, 0.15) is 12.6 Å². The molecule has 4 nitrogen and oxygen atoms in total. The van der Waals surface area contributed by atoms with E-state index in [1.54, 1.807) is 10.6 Å². The van der Waals surface area contributed by atoms with E-state index >= 15 is 0 Å². The molecule has 0 saturated carbocycles. The third-order valence-corrected chi connectivity index (χ3v) is 3.24. The summed E-state index contributed by atoms with van der Waals surface area (Å²) in [4.78, 5) is 4.43. The number of aryl methyl sites for hydroxylation is 1. The predicted molar refractivity (Wildman–Crippen MR) is 79.3 cm³/mol. The monoisotopic (exact) mass is 287 g/mol. The predicted octanol–water partition coefficient (Wildman–Crippen LogP) is 3.76. The van der Waals surface area contributed by atoms with Gasteiger partial charge in [0.15, 0.2) is 5.65 Å². The van der Waals surface area contributed by atoms with Crippen molar-refractivity contribution in [1.82, 2.24) is 14.6 Å². The van der Waals surface area contributed by atoms with Crippen LogP contribution in [-0.4, -0.2) is 21.2 Å². The average Bonchev–Trinajstić information content (AvgIpc) is 2.83. The summed E-state index contributed by atoms with van der Waals surface area (Å²) in [6.07, 6.45) is 0. The Morgan fingerprint density at radius 3 is 2.85 bits per heavy atom. The zero-order valence-electron chi connectivity index (χ0n) is 11.3. The van der Waals surface area contributed by atoms with E-state index in [1.807, 2.05) is 44.2 Å². The lowest BCUT2D eigenvalue weighted by atomic mass is 10.1. The molecule has 0 N–H and O–H groups in total. The lowest BCUT2D eigenvalue weighted by Gasteiger charge is -2.07. The number of hydrogen-bond donors (Lipinski definition) is 0. The molecule has 0 amide bonds. The number of benzene rings is 1. The third-order valence-electron chi connectivity index (χ3n) is 2.97. The number of ether oxygens (including phenoxy) is 1. The van der Waals surface area contributed by atoms with Crippen molar-refractivity contribution in [1.29, 1.82) is 0 Å². The molecule has 0 atom stereocenters. The SMILES string of the molecule is CCOc1ccccc1-c1cc2nc(C)cc(Cl)n2n1. The Morgan fingerprint density at radius 1 is 1.25 bits per heavy atom. The van der Waals surface area contributed by atoms with Crippen molar-refractivity contribution in [2.24, 2.45) is 0 Å². The van der Waals surface area contributed by atoms with Gasteiger partial charge in [0, 0.05) is 17.3 Å². The van der Waals surface area contributed by atoms with Crippen molar-refractivity contribution >= 4 is 17.2 Å². The number of halogens is 1. The molecule has 2 aromatic heterocycles. The molecule has 0 aliphatic rings. The number of fused-ring (bicyclic) bond motifs is 1. The highest BCUT2D eigenvalue weighted by atomic mass is 35.5. The molecule has 0 aliphatic heterocycles. The topological polar surface area (TPSA) is 39.4 Å². The van der Waals surface area contributed by atoms with E-state index in [-0.39, 0.29) is 0 Å². The average molecular weight is 288 g/mol. The molecule has 3 aromatic rings. The maximum atomic E-state index is 6.19. The van der Waals surface area contributed by atoms with Crippen LogP contribution in [0.15, 0.2) is 36.4 Å². The molecule has 20 heavy (non-hydrogen) atoms.